The highest BCUT2D eigenvalue weighted by Crippen LogP contribution is 2.32. The highest BCUT2D eigenvalue weighted by atomic mass is 35.5. The molecule has 2 aromatic rings. The van der Waals surface area contributed by atoms with Crippen molar-refractivity contribution in [2.24, 2.45) is 0 Å². The van der Waals surface area contributed by atoms with Crippen LogP contribution < -0.4 is 5.73 Å². The summed E-state index contributed by atoms with van der Waals surface area (Å²) in [4.78, 5) is 0. The quantitative estimate of drug-likeness (QED) is 0.612. The Kier molecular flexibility index (Phi) is 2.63. The van der Waals surface area contributed by atoms with Crippen LogP contribution in [0, 0.1) is 0 Å². The average molecular weight is 228 g/mol. The van der Waals surface area contributed by atoms with Gasteiger partial charge in [0.15, 0.2) is 0 Å². The molecule has 4 heteroatoms. The predicted molar refractivity (Wildman–Crippen MR) is 61.7 cm³/mol. The first kappa shape index (κ1) is 9.77. The highest BCUT2D eigenvalue weighted by Gasteiger charge is 2.10. The van der Waals surface area contributed by atoms with Crippen molar-refractivity contribution in [1.29, 1.82) is 0 Å². The number of nitrogen functional groups attached to an aromatic ring is 1. The fourth-order valence-corrected chi connectivity index (χ4v) is 2.72. The summed E-state index contributed by atoms with van der Waals surface area (Å²) in [7, 11) is 0. The number of hydrogen-bond acceptors (Lipinski definition) is 3. The number of nitrogens with two attached hydrogens (primary N) is 1. The normalized spacial score (nSPS) is 11.0. The van der Waals surface area contributed by atoms with E-state index in [-0.39, 0.29) is 6.61 Å². The summed E-state index contributed by atoms with van der Waals surface area (Å²) in [6, 6.07) is 3.93. The molecule has 1 aromatic carbocycles. The molecule has 2 nitrogen and oxygen atoms in total. The molecule has 0 atom stereocenters. The zero-order chi connectivity index (χ0) is 10.1. The van der Waals surface area contributed by atoms with Crippen molar-refractivity contribution in [3.8, 4) is 0 Å². The molecule has 3 N–H and O–H groups in total. The smallest absolute Gasteiger partial charge is 0.0686 e. The molecular weight excluding hydrogens is 218 g/mol. The number of anilines is 1. The topological polar surface area (TPSA) is 46.2 Å². The van der Waals surface area contributed by atoms with E-state index in [1.807, 2.05) is 17.5 Å². The molecule has 0 unspecified atom stereocenters. The molecule has 0 saturated carbocycles. The predicted octanol–water partition coefficient (Wildman–Crippen LogP) is 2.71. The third-order valence-electron chi connectivity index (χ3n) is 2.31. The van der Waals surface area contributed by atoms with Crippen LogP contribution in [0.5, 0.6) is 0 Å². The second-order valence-electron chi connectivity index (χ2n) is 3.05. The monoisotopic (exact) mass is 227 g/mol. The van der Waals surface area contributed by atoms with Crippen molar-refractivity contribution in [3.05, 3.63) is 28.6 Å². The van der Waals surface area contributed by atoms with Crippen molar-refractivity contribution in [2.45, 2.75) is 12.5 Å². The van der Waals surface area contributed by atoms with Gasteiger partial charge in [-0.15, -0.1) is 22.9 Å². The minimum atomic E-state index is -0.0138. The molecule has 2 rings (SSSR count). The Morgan fingerprint density at radius 1 is 1.50 bits per heavy atom. The lowest BCUT2D eigenvalue weighted by Gasteiger charge is -2.09. The van der Waals surface area contributed by atoms with Crippen molar-refractivity contribution in [3.63, 3.8) is 0 Å². The summed E-state index contributed by atoms with van der Waals surface area (Å²) in [6.07, 6.45) is 0. The molecule has 0 aliphatic heterocycles. The van der Waals surface area contributed by atoms with Gasteiger partial charge < -0.3 is 10.8 Å². The van der Waals surface area contributed by atoms with Crippen molar-refractivity contribution in [2.75, 3.05) is 5.73 Å². The van der Waals surface area contributed by atoms with Gasteiger partial charge in [0.25, 0.3) is 0 Å². The number of aliphatic hydroxyl groups is 1. The Morgan fingerprint density at radius 3 is 2.93 bits per heavy atom. The molecule has 0 amide bonds. The Bertz CT molecular complexity index is 466. The van der Waals surface area contributed by atoms with Crippen molar-refractivity contribution in [1.82, 2.24) is 0 Å². The number of fused-ring (bicyclic) bond motifs is 1. The number of thiophene rings is 1. The second-order valence-corrected chi connectivity index (χ2v) is 4.27. The van der Waals surface area contributed by atoms with E-state index >= 15 is 0 Å². The minimum Gasteiger partial charge on any atom is -0.398 e. The number of hydrogen-bond donors (Lipinski definition) is 2. The third-order valence-corrected chi connectivity index (χ3v) is 3.44. The van der Waals surface area contributed by atoms with E-state index in [9.17, 15) is 0 Å². The van der Waals surface area contributed by atoms with Crippen molar-refractivity contribution >= 4 is 38.7 Å². The average Bonchev–Trinajstić information content (AvgIpc) is 2.65. The first-order valence-electron chi connectivity index (χ1n) is 4.22. The third kappa shape index (κ3) is 1.38. The van der Waals surface area contributed by atoms with Crippen LogP contribution in [-0.4, -0.2) is 5.11 Å². The Morgan fingerprint density at radius 2 is 2.29 bits per heavy atom. The van der Waals surface area contributed by atoms with E-state index in [0.29, 0.717) is 11.6 Å². The molecule has 1 heterocycles. The SMILES string of the molecule is Nc1c(CCl)c(CO)cc2sccc12. The molecule has 0 radical (unpaired) electrons. The summed E-state index contributed by atoms with van der Waals surface area (Å²) in [5.74, 6) is 0.341. The van der Waals surface area contributed by atoms with Gasteiger partial charge in [-0.3, -0.25) is 0 Å². The standard InChI is InChI=1S/C10H10ClNOS/c11-4-8-6(5-13)3-9-7(10(8)12)1-2-14-9/h1-3,13H,4-5,12H2. The zero-order valence-electron chi connectivity index (χ0n) is 7.46. The second kappa shape index (κ2) is 3.77. The molecule has 74 valence electrons. The number of benzene rings is 1. The lowest BCUT2D eigenvalue weighted by molar-refractivity contribution is 0.281. The van der Waals surface area contributed by atoms with Gasteiger partial charge in [0, 0.05) is 21.7 Å². The van der Waals surface area contributed by atoms with Gasteiger partial charge in [-0.05, 0) is 28.6 Å². The summed E-state index contributed by atoms with van der Waals surface area (Å²) in [5.41, 5.74) is 8.33. The van der Waals surface area contributed by atoms with Gasteiger partial charge in [-0.1, -0.05) is 0 Å². The van der Waals surface area contributed by atoms with E-state index in [1.54, 1.807) is 11.3 Å². The van der Waals surface area contributed by atoms with E-state index in [4.69, 9.17) is 22.4 Å². The van der Waals surface area contributed by atoms with E-state index < -0.39 is 0 Å². The van der Waals surface area contributed by atoms with Crippen LogP contribution in [0.25, 0.3) is 10.1 Å². The molecular formula is C10H10ClNOS. The Balaban J connectivity index is 2.79. The molecule has 0 spiro atoms. The number of alkyl halides is 1. The van der Waals surface area contributed by atoms with Crippen LogP contribution in [-0.2, 0) is 12.5 Å². The van der Waals surface area contributed by atoms with Crippen LogP contribution in [0.1, 0.15) is 11.1 Å². The van der Waals surface area contributed by atoms with Crippen LogP contribution >= 0.6 is 22.9 Å². The zero-order valence-corrected chi connectivity index (χ0v) is 9.03. The van der Waals surface area contributed by atoms with Crippen LogP contribution in [0.4, 0.5) is 5.69 Å². The maximum Gasteiger partial charge on any atom is 0.0686 e. The minimum absolute atomic E-state index is 0.0138. The molecule has 1 aromatic heterocycles. The fraction of sp³-hybridized carbons (Fsp3) is 0.200. The van der Waals surface area contributed by atoms with E-state index in [1.165, 1.54) is 0 Å². The Hall–Kier alpha value is -0.770. The molecule has 0 aliphatic carbocycles. The maximum absolute atomic E-state index is 9.16. The molecule has 0 saturated heterocycles. The Labute approximate surface area is 90.9 Å². The van der Waals surface area contributed by atoms with Gasteiger partial charge >= 0.3 is 0 Å². The lowest BCUT2D eigenvalue weighted by Crippen LogP contribution is -1.98. The van der Waals surface area contributed by atoms with E-state index in [0.717, 1.165) is 21.2 Å². The summed E-state index contributed by atoms with van der Waals surface area (Å²) < 4.78 is 1.10. The largest absolute Gasteiger partial charge is 0.398 e. The van der Waals surface area contributed by atoms with Gasteiger partial charge in [0.05, 0.1) is 6.61 Å². The van der Waals surface area contributed by atoms with Crippen LogP contribution in [0.15, 0.2) is 17.5 Å². The lowest BCUT2D eigenvalue weighted by atomic mass is 10.0. The van der Waals surface area contributed by atoms with Gasteiger partial charge in [0.2, 0.25) is 0 Å². The van der Waals surface area contributed by atoms with Crippen LogP contribution in [0.2, 0.25) is 0 Å². The van der Waals surface area contributed by atoms with Gasteiger partial charge in [-0.25, -0.2) is 0 Å². The maximum atomic E-state index is 9.16. The van der Waals surface area contributed by atoms with Crippen molar-refractivity contribution < 1.29 is 5.11 Å². The summed E-state index contributed by atoms with van der Waals surface area (Å²) in [6.45, 7) is -0.0138. The molecule has 14 heavy (non-hydrogen) atoms. The van der Waals surface area contributed by atoms with Crippen LogP contribution in [0.3, 0.4) is 0 Å². The fourth-order valence-electron chi connectivity index (χ4n) is 1.54. The molecule has 0 aliphatic rings. The van der Waals surface area contributed by atoms with E-state index in [2.05, 4.69) is 0 Å². The first-order chi connectivity index (χ1) is 6.77. The first-order valence-corrected chi connectivity index (χ1v) is 5.63. The van der Waals surface area contributed by atoms with Gasteiger partial charge in [0.1, 0.15) is 0 Å². The number of halogens is 1. The van der Waals surface area contributed by atoms with Gasteiger partial charge in [-0.2, -0.15) is 0 Å². The number of aliphatic hydroxyl groups excluding tert-OH is 1. The highest BCUT2D eigenvalue weighted by molar-refractivity contribution is 7.17. The summed E-state index contributed by atoms with van der Waals surface area (Å²) in [5, 5.41) is 12.2. The number of rotatable bonds is 2. The molecule has 0 fully saturated rings. The summed E-state index contributed by atoms with van der Waals surface area (Å²) >= 11 is 7.41. The molecule has 0 bridgehead atoms.